The van der Waals surface area contributed by atoms with Crippen LogP contribution in [0, 0.1) is 0 Å². The van der Waals surface area contributed by atoms with Crippen molar-refractivity contribution in [3.05, 3.63) is 30.1 Å². The molecule has 0 unspecified atom stereocenters. The number of pyridine rings is 1. The van der Waals surface area contributed by atoms with Gasteiger partial charge >= 0.3 is 0 Å². The highest BCUT2D eigenvalue weighted by molar-refractivity contribution is 5.98. The molecule has 24 heavy (non-hydrogen) atoms. The summed E-state index contributed by atoms with van der Waals surface area (Å²) < 4.78 is 0. The number of carbonyl (C=O) groups is 3. The molecule has 0 aromatic carbocycles. The molecule has 0 bridgehead atoms. The maximum atomic E-state index is 12.7. The quantitative estimate of drug-likeness (QED) is 0.839. The highest BCUT2D eigenvalue weighted by Gasteiger charge is 2.49. The van der Waals surface area contributed by atoms with E-state index in [9.17, 15) is 14.4 Å². The van der Waals surface area contributed by atoms with Crippen molar-refractivity contribution in [1.29, 1.82) is 0 Å². The summed E-state index contributed by atoms with van der Waals surface area (Å²) in [6.45, 7) is 1.20. The highest BCUT2D eigenvalue weighted by Crippen LogP contribution is 2.31. The molecule has 126 valence electrons. The molecule has 0 aliphatic carbocycles. The summed E-state index contributed by atoms with van der Waals surface area (Å²) in [4.78, 5) is 44.9. The van der Waals surface area contributed by atoms with Crippen LogP contribution >= 0.6 is 0 Å². The number of nitrogens with zero attached hydrogens (tertiary/aromatic N) is 3. The Balaban J connectivity index is 1.46. The van der Waals surface area contributed by atoms with Crippen LogP contribution in [0.25, 0.3) is 0 Å². The van der Waals surface area contributed by atoms with Gasteiger partial charge in [0.05, 0.1) is 0 Å². The van der Waals surface area contributed by atoms with Gasteiger partial charge in [-0.2, -0.15) is 0 Å². The zero-order valence-electron chi connectivity index (χ0n) is 13.4. The summed E-state index contributed by atoms with van der Waals surface area (Å²) in [5.74, 6) is -0.0412. The molecule has 3 atom stereocenters. The summed E-state index contributed by atoms with van der Waals surface area (Å²) in [5, 5.41) is 2.99. The Morgan fingerprint density at radius 1 is 1.04 bits per heavy atom. The summed E-state index contributed by atoms with van der Waals surface area (Å²) in [5.41, 5.74) is 0.554. The van der Waals surface area contributed by atoms with Crippen LogP contribution in [-0.2, 0) is 9.59 Å². The second-order valence-corrected chi connectivity index (χ2v) is 6.67. The average Bonchev–Trinajstić information content (AvgIpc) is 3.10. The summed E-state index contributed by atoms with van der Waals surface area (Å²) in [6.07, 6.45) is 5.99. The van der Waals surface area contributed by atoms with Gasteiger partial charge in [0.15, 0.2) is 0 Å². The fourth-order valence-electron chi connectivity index (χ4n) is 4.04. The van der Waals surface area contributed by atoms with Crippen molar-refractivity contribution in [3.8, 4) is 0 Å². The number of piperidine rings is 1. The number of aromatic nitrogens is 1. The minimum atomic E-state index is -0.427. The van der Waals surface area contributed by atoms with E-state index >= 15 is 0 Å². The van der Waals surface area contributed by atoms with E-state index in [1.165, 1.54) is 0 Å². The minimum absolute atomic E-state index is 0.0416. The molecule has 0 saturated carbocycles. The maximum Gasteiger partial charge on any atom is 0.251 e. The number of nitrogens with one attached hydrogen (secondary N) is 1. The average molecular weight is 328 g/mol. The predicted octanol–water partition coefficient (Wildman–Crippen LogP) is 0.176. The van der Waals surface area contributed by atoms with Crippen molar-refractivity contribution in [2.75, 3.05) is 13.1 Å². The number of carbonyl (C=O) groups excluding carboxylic acids is 3. The second-order valence-electron chi connectivity index (χ2n) is 6.67. The Morgan fingerprint density at radius 2 is 1.75 bits per heavy atom. The lowest BCUT2D eigenvalue weighted by Crippen LogP contribution is -2.66. The van der Waals surface area contributed by atoms with Gasteiger partial charge in [0.1, 0.15) is 12.1 Å². The summed E-state index contributed by atoms with van der Waals surface area (Å²) in [7, 11) is 0. The van der Waals surface area contributed by atoms with Gasteiger partial charge in [-0.3, -0.25) is 19.4 Å². The van der Waals surface area contributed by atoms with E-state index in [0.29, 0.717) is 31.5 Å². The number of fused-ring (bicyclic) bond motifs is 2. The van der Waals surface area contributed by atoms with Crippen molar-refractivity contribution >= 4 is 17.7 Å². The smallest absolute Gasteiger partial charge is 0.251 e. The summed E-state index contributed by atoms with van der Waals surface area (Å²) >= 11 is 0. The molecule has 3 aliphatic heterocycles. The van der Waals surface area contributed by atoms with Gasteiger partial charge in [-0.05, 0) is 37.8 Å². The Kier molecular flexibility index (Phi) is 3.70. The largest absolute Gasteiger partial charge is 0.349 e. The molecule has 3 fully saturated rings. The lowest BCUT2D eigenvalue weighted by molar-refractivity contribution is -0.161. The van der Waals surface area contributed by atoms with Crippen LogP contribution in [0.15, 0.2) is 24.5 Å². The predicted molar refractivity (Wildman–Crippen MR) is 85.0 cm³/mol. The van der Waals surface area contributed by atoms with E-state index in [1.807, 2.05) is 0 Å². The Labute approximate surface area is 140 Å². The lowest BCUT2D eigenvalue weighted by Gasteiger charge is -2.46. The third-order valence-corrected chi connectivity index (χ3v) is 5.27. The fourth-order valence-corrected chi connectivity index (χ4v) is 4.04. The molecular weight excluding hydrogens is 308 g/mol. The van der Waals surface area contributed by atoms with Crippen LogP contribution in [0.2, 0.25) is 0 Å². The van der Waals surface area contributed by atoms with E-state index in [2.05, 4.69) is 10.3 Å². The zero-order valence-corrected chi connectivity index (χ0v) is 13.4. The molecule has 3 aliphatic rings. The standard InChI is InChI=1S/C17H20N4O3/c22-15(11-3-6-18-7-4-11)19-12-5-9-21-14(10-12)17(24)20-8-1-2-13(20)16(21)23/h3-4,6-7,12-14H,1-2,5,8-10H2,(H,19,22)/t12-,13-,14+/m1/s1. The normalized spacial score (nSPS) is 29.2. The number of rotatable bonds is 2. The molecule has 4 heterocycles. The molecule has 7 heteroatoms. The topological polar surface area (TPSA) is 82.6 Å². The monoisotopic (exact) mass is 328 g/mol. The van der Waals surface area contributed by atoms with Crippen molar-refractivity contribution in [2.45, 2.75) is 43.8 Å². The zero-order chi connectivity index (χ0) is 16.7. The van der Waals surface area contributed by atoms with E-state index in [4.69, 9.17) is 0 Å². The van der Waals surface area contributed by atoms with Crippen LogP contribution < -0.4 is 5.32 Å². The molecular formula is C17H20N4O3. The van der Waals surface area contributed by atoms with Crippen molar-refractivity contribution < 1.29 is 14.4 Å². The van der Waals surface area contributed by atoms with Gasteiger partial charge < -0.3 is 15.1 Å². The molecule has 1 aromatic rings. The Morgan fingerprint density at radius 3 is 2.54 bits per heavy atom. The molecule has 7 nitrogen and oxygen atoms in total. The van der Waals surface area contributed by atoms with Gasteiger partial charge in [0.25, 0.3) is 5.91 Å². The third kappa shape index (κ3) is 2.44. The minimum Gasteiger partial charge on any atom is -0.349 e. The first kappa shape index (κ1) is 15.1. The van der Waals surface area contributed by atoms with Gasteiger partial charge in [-0.1, -0.05) is 0 Å². The van der Waals surface area contributed by atoms with E-state index in [1.54, 1.807) is 34.3 Å². The van der Waals surface area contributed by atoms with Gasteiger partial charge in [-0.15, -0.1) is 0 Å². The first-order valence-electron chi connectivity index (χ1n) is 8.47. The molecule has 4 rings (SSSR count). The maximum absolute atomic E-state index is 12.7. The highest BCUT2D eigenvalue weighted by atomic mass is 16.2. The lowest BCUT2D eigenvalue weighted by atomic mass is 9.92. The second kappa shape index (κ2) is 5.89. The molecule has 3 amide bonds. The van der Waals surface area contributed by atoms with Crippen LogP contribution in [0.3, 0.4) is 0 Å². The fraction of sp³-hybridized carbons (Fsp3) is 0.529. The molecule has 1 N–H and O–H groups in total. The molecule has 1 aromatic heterocycles. The first-order chi connectivity index (χ1) is 11.6. The van der Waals surface area contributed by atoms with Crippen LogP contribution in [0.4, 0.5) is 0 Å². The SMILES string of the molecule is O=C(N[C@@H]1CCN2C(=O)[C@H]3CCCN3C(=O)[C@@H]2C1)c1ccncc1. The van der Waals surface area contributed by atoms with Gasteiger partial charge in [-0.25, -0.2) is 0 Å². The Hall–Kier alpha value is -2.44. The third-order valence-electron chi connectivity index (χ3n) is 5.27. The summed E-state index contributed by atoms with van der Waals surface area (Å²) in [6, 6.07) is 2.55. The van der Waals surface area contributed by atoms with Crippen LogP contribution in [0.5, 0.6) is 0 Å². The molecule has 0 radical (unpaired) electrons. The van der Waals surface area contributed by atoms with Crippen molar-refractivity contribution in [3.63, 3.8) is 0 Å². The van der Waals surface area contributed by atoms with E-state index in [-0.39, 0.29) is 29.8 Å². The van der Waals surface area contributed by atoms with Crippen LogP contribution in [0.1, 0.15) is 36.0 Å². The molecule has 0 spiro atoms. The first-order valence-corrected chi connectivity index (χ1v) is 8.47. The number of piperazine rings is 1. The van der Waals surface area contributed by atoms with Crippen molar-refractivity contribution in [1.82, 2.24) is 20.1 Å². The molecule has 3 saturated heterocycles. The van der Waals surface area contributed by atoms with Gasteiger partial charge in [0, 0.05) is 37.1 Å². The van der Waals surface area contributed by atoms with Gasteiger partial charge in [0.2, 0.25) is 11.8 Å². The van der Waals surface area contributed by atoms with Crippen LogP contribution in [-0.4, -0.2) is 63.7 Å². The number of amides is 3. The Bertz CT molecular complexity index is 678. The van der Waals surface area contributed by atoms with E-state index in [0.717, 1.165) is 12.8 Å². The number of hydrogen-bond acceptors (Lipinski definition) is 4. The van der Waals surface area contributed by atoms with E-state index < -0.39 is 6.04 Å². The van der Waals surface area contributed by atoms with Crippen molar-refractivity contribution in [2.24, 2.45) is 0 Å². The number of hydrogen-bond donors (Lipinski definition) is 1.